The monoisotopic (exact) mass is 411 g/mol. The van der Waals surface area contributed by atoms with Crippen molar-refractivity contribution >= 4 is 23.4 Å². The van der Waals surface area contributed by atoms with Gasteiger partial charge in [-0.1, -0.05) is 49.9 Å². The summed E-state index contributed by atoms with van der Waals surface area (Å²) in [5.74, 6) is 0.872. The van der Waals surface area contributed by atoms with Gasteiger partial charge in [-0.3, -0.25) is 4.79 Å². The molecule has 1 N–H and O–H groups in total. The predicted molar refractivity (Wildman–Crippen MR) is 115 cm³/mol. The Morgan fingerprint density at radius 3 is 2.66 bits per heavy atom. The van der Waals surface area contributed by atoms with E-state index in [-0.39, 0.29) is 5.91 Å². The van der Waals surface area contributed by atoms with E-state index in [1.165, 1.54) is 11.8 Å². The van der Waals surface area contributed by atoms with Gasteiger partial charge in [0.15, 0.2) is 0 Å². The lowest BCUT2D eigenvalue weighted by Crippen LogP contribution is -2.23. The van der Waals surface area contributed by atoms with Crippen LogP contribution in [0, 0.1) is 6.92 Å². The van der Waals surface area contributed by atoms with Gasteiger partial charge in [0.05, 0.1) is 12.4 Å². The van der Waals surface area contributed by atoms with Crippen LogP contribution >= 0.6 is 11.8 Å². The summed E-state index contributed by atoms with van der Waals surface area (Å²) in [7, 11) is 1.60. The summed E-state index contributed by atoms with van der Waals surface area (Å²) in [6.07, 6.45) is 0. The highest BCUT2D eigenvalue weighted by Crippen LogP contribution is 2.30. The number of methoxy groups -OCH3 is 1. The molecule has 3 aromatic rings. The fourth-order valence-electron chi connectivity index (χ4n) is 2.93. The number of para-hydroxylation sites is 1. The molecule has 0 radical (unpaired) electrons. The number of ether oxygens (including phenoxy) is 1. The van der Waals surface area contributed by atoms with E-state index in [0.29, 0.717) is 16.8 Å². The first kappa shape index (κ1) is 20.9. The topological polar surface area (TPSA) is 81.9 Å². The van der Waals surface area contributed by atoms with E-state index in [9.17, 15) is 4.79 Å². The minimum atomic E-state index is -0.393. The zero-order valence-corrected chi connectivity index (χ0v) is 18.0. The number of tetrazole rings is 1. The SMILES string of the molecule is COc1ccc(C)cc1-n1nnnc1SC(C)C(=O)Nc1ccccc1C(C)C. The zero-order chi connectivity index (χ0) is 21.0. The molecule has 0 saturated heterocycles. The average molecular weight is 412 g/mol. The van der Waals surface area contributed by atoms with Crippen molar-refractivity contribution in [2.45, 2.75) is 44.0 Å². The maximum absolute atomic E-state index is 12.8. The molecule has 0 fully saturated rings. The standard InChI is InChI=1S/C21H25N5O2S/c1-13(2)16-8-6-7-9-17(16)22-20(27)15(4)29-21-23-24-25-26(21)18-12-14(3)10-11-19(18)28-5/h6-13,15H,1-5H3,(H,22,27). The molecule has 0 bridgehead atoms. The number of hydrogen-bond acceptors (Lipinski definition) is 6. The highest BCUT2D eigenvalue weighted by atomic mass is 32.2. The van der Waals surface area contributed by atoms with Crippen molar-refractivity contribution in [3.8, 4) is 11.4 Å². The lowest BCUT2D eigenvalue weighted by molar-refractivity contribution is -0.115. The molecule has 1 amide bonds. The number of nitrogens with one attached hydrogen (secondary N) is 1. The van der Waals surface area contributed by atoms with E-state index in [1.807, 2.05) is 56.3 Å². The summed E-state index contributed by atoms with van der Waals surface area (Å²) in [6, 6.07) is 13.6. The molecule has 3 rings (SSSR count). The summed E-state index contributed by atoms with van der Waals surface area (Å²) in [5.41, 5.74) is 3.73. The number of rotatable bonds is 7. The van der Waals surface area contributed by atoms with Crippen LogP contribution in [-0.4, -0.2) is 38.5 Å². The van der Waals surface area contributed by atoms with Crippen LogP contribution in [0.4, 0.5) is 5.69 Å². The largest absolute Gasteiger partial charge is 0.494 e. The highest BCUT2D eigenvalue weighted by molar-refractivity contribution is 8.00. The van der Waals surface area contributed by atoms with Crippen molar-refractivity contribution in [2.24, 2.45) is 0 Å². The number of nitrogens with zero attached hydrogens (tertiary/aromatic N) is 4. The Morgan fingerprint density at radius 1 is 1.17 bits per heavy atom. The Labute approximate surface area is 174 Å². The molecule has 1 heterocycles. The van der Waals surface area contributed by atoms with Crippen LogP contribution in [0.2, 0.25) is 0 Å². The second-order valence-electron chi connectivity index (χ2n) is 7.04. The molecule has 7 nitrogen and oxygen atoms in total. The van der Waals surface area contributed by atoms with E-state index in [4.69, 9.17) is 4.74 Å². The molecule has 29 heavy (non-hydrogen) atoms. The number of benzene rings is 2. The highest BCUT2D eigenvalue weighted by Gasteiger charge is 2.21. The second kappa shape index (κ2) is 9.09. The molecule has 0 aliphatic carbocycles. The predicted octanol–water partition coefficient (Wildman–Crippen LogP) is 4.22. The number of aromatic nitrogens is 4. The van der Waals surface area contributed by atoms with Crippen molar-refractivity contribution in [2.75, 3.05) is 12.4 Å². The van der Waals surface area contributed by atoms with E-state index in [0.717, 1.165) is 22.5 Å². The van der Waals surface area contributed by atoms with Gasteiger partial charge in [-0.05, 0) is 59.5 Å². The number of amides is 1. The van der Waals surface area contributed by atoms with Crippen molar-refractivity contribution in [3.63, 3.8) is 0 Å². The Kier molecular flexibility index (Phi) is 6.53. The van der Waals surface area contributed by atoms with Gasteiger partial charge >= 0.3 is 0 Å². The number of carbonyl (C=O) groups is 1. The third-order valence-corrected chi connectivity index (χ3v) is 5.53. The third-order valence-electron chi connectivity index (χ3n) is 4.50. The number of anilines is 1. The first-order valence-electron chi connectivity index (χ1n) is 9.40. The first-order valence-corrected chi connectivity index (χ1v) is 10.3. The van der Waals surface area contributed by atoms with Crippen LogP contribution in [0.1, 0.15) is 37.8 Å². The first-order chi connectivity index (χ1) is 13.9. The lowest BCUT2D eigenvalue weighted by atomic mass is 10.0. The number of hydrogen-bond donors (Lipinski definition) is 1. The molecular formula is C21H25N5O2S. The van der Waals surface area contributed by atoms with E-state index in [2.05, 4.69) is 34.7 Å². The summed E-state index contributed by atoms with van der Waals surface area (Å²) in [5, 5.41) is 15.1. The van der Waals surface area contributed by atoms with Crippen molar-refractivity contribution in [1.29, 1.82) is 0 Å². The third kappa shape index (κ3) is 4.76. The molecule has 152 valence electrons. The minimum Gasteiger partial charge on any atom is -0.494 e. The zero-order valence-electron chi connectivity index (χ0n) is 17.2. The summed E-state index contributed by atoms with van der Waals surface area (Å²) < 4.78 is 7.04. The Hall–Kier alpha value is -2.87. The number of aryl methyl sites for hydroxylation is 1. The van der Waals surface area contributed by atoms with E-state index < -0.39 is 5.25 Å². The normalized spacial score (nSPS) is 12.1. The Morgan fingerprint density at radius 2 is 1.93 bits per heavy atom. The Balaban J connectivity index is 1.79. The van der Waals surface area contributed by atoms with Gasteiger partial charge in [0.25, 0.3) is 0 Å². The fraction of sp³-hybridized carbons (Fsp3) is 0.333. The van der Waals surface area contributed by atoms with Crippen LogP contribution < -0.4 is 10.1 Å². The van der Waals surface area contributed by atoms with E-state index >= 15 is 0 Å². The Bertz CT molecular complexity index is 1000. The van der Waals surface area contributed by atoms with Gasteiger partial charge in [-0.15, -0.1) is 5.10 Å². The molecule has 0 spiro atoms. The summed E-state index contributed by atoms with van der Waals surface area (Å²) in [4.78, 5) is 12.8. The summed E-state index contributed by atoms with van der Waals surface area (Å²) in [6.45, 7) is 8.03. The number of thioether (sulfide) groups is 1. The molecule has 0 aliphatic rings. The summed E-state index contributed by atoms with van der Waals surface area (Å²) >= 11 is 1.30. The minimum absolute atomic E-state index is 0.103. The van der Waals surface area contributed by atoms with Crippen LogP contribution in [0.15, 0.2) is 47.6 Å². The van der Waals surface area contributed by atoms with Gasteiger partial charge in [0.2, 0.25) is 11.1 Å². The van der Waals surface area contributed by atoms with E-state index in [1.54, 1.807) is 11.8 Å². The van der Waals surface area contributed by atoms with Crippen molar-refractivity contribution < 1.29 is 9.53 Å². The molecule has 1 atom stereocenters. The number of carbonyl (C=O) groups excluding carboxylic acids is 1. The molecule has 8 heteroatoms. The second-order valence-corrected chi connectivity index (χ2v) is 8.35. The molecular weight excluding hydrogens is 386 g/mol. The van der Waals surface area contributed by atoms with Gasteiger partial charge in [-0.2, -0.15) is 4.68 Å². The van der Waals surface area contributed by atoms with Crippen LogP contribution in [0.5, 0.6) is 5.75 Å². The maximum Gasteiger partial charge on any atom is 0.237 e. The average Bonchev–Trinajstić information content (AvgIpc) is 3.16. The molecule has 2 aromatic carbocycles. The maximum atomic E-state index is 12.8. The van der Waals surface area contributed by atoms with Crippen LogP contribution in [-0.2, 0) is 4.79 Å². The van der Waals surface area contributed by atoms with Gasteiger partial charge in [-0.25, -0.2) is 0 Å². The molecule has 0 saturated carbocycles. The van der Waals surface area contributed by atoms with Gasteiger partial charge < -0.3 is 10.1 Å². The van der Waals surface area contributed by atoms with Crippen molar-refractivity contribution in [1.82, 2.24) is 20.2 Å². The fourth-order valence-corrected chi connectivity index (χ4v) is 3.73. The van der Waals surface area contributed by atoms with Crippen molar-refractivity contribution in [3.05, 3.63) is 53.6 Å². The molecule has 0 aliphatic heterocycles. The van der Waals surface area contributed by atoms with Crippen LogP contribution in [0.25, 0.3) is 5.69 Å². The molecule has 1 unspecified atom stereocenters. The smallest absolute Gasteiger partial charge is 0.237 e. The van der Waals surface area contributed by atoms with Crippen LogP contribution in [0.3, 0.4) is 0 Å². The van der Waals surface area contributed by atoms with Gasteiger partial charge in [0, 0.05) is 5.69 Å². The lowest BCUT2D eigenvalue weighted by Gasteiger charge is -2.16. The molecule has 1 aromatic heterocycles. The quantitative estimate of drug-likeness (QED) is 0.586. The van der Waals surface area contributed by atoms with Gasteiger partial charge in [0.1, 0.15) is 11.4 Å².